The van der Waals surface area contributed by atoms with Gasteiger partial charge in [-0.3, -0.25) is 0 Å². The zero-order chi connectivity index (χ0) is 14.3. The summed E-state index contributed by atoms with van der Waals surface area (Å²) >= 11 is 0. The van der Waals surface area contributed by atoms with E-state index in [9.17, 15) is 0 Å². The largest absolute Gasteiger partial charge is 0.494 e. The van der Waals surface area contributed by atoms with Gasteiger partial charge in [-0.1, -0.05) is 27.7 Å². The van der Waals surface area contributed by atoms with E-state index < -0.39 is 0 Å². The van der Waals surface area contributed by atoms with Gasteiger partial charge in [0.25, 0.3) is 0 Å². The number of benzene rings is 1. The highest BCUT2D eigenvalue weighted by Gasteiger charge is 2.12. The summed E-state index contributed by atoms with van der Waals surface area (Å²) in [6, 6.07) is 8.84. The minimum Gasteiger partial charge on any atom is -0.494 e. The molecule has 2 nitrogen and oxygen atoms in total. The highest BCUT2D eigenvalue weighted by atomic mass is 16.5. The summed E-state index contributed by atoms with van der Waals surface area (Å²) in [5, 5.41) is 3.66. The fourth-order valence-electron chi connectivity index (χ4n) is 2.40. The van der Waals surface area contributed by atoms with Crippen LogP contribution in [-0.4, -0.2) is 12.6 Å². The molecule has 0 aliphatic carbocycles. The van der Waals surface area contributed by atoms with Crippen LogP contribution < -0.4 is 10.1 Å². The summed E-state index contributed by atoms with van der Waals surface area (Å²) in [5.41, 5.74) is 1.19. The number of anilines is 1. The molecular weight excluding hydrogens is 234 g/mol. The predicted molar refractivity (Wildman–Crippen MR) is 83.9 cm³/mol. The van der Waals surface area contributed by atoms with Crippen LogP contribution in [-0.2, 0) is 0 Å². The lowest BCUT2D eigenvalue weighted by atomic mass is 9.95. The van der Waals surface area contributed by atoms with Crippen LogP contribution in [0.25, 0.3) is 0 Å². The number of hydrogen-bond donors (Lipinski definition) is 1. The van der Waals surface area contributed by atoms with E-state index >= 15 is 0 Å². The third kappa shape index (κ3) is 6.51. The lowest BCUT2D eigenvalue weighted by Crippen LogP contribution is -2.23. The minimum absolute atomic E-state index is 0.554. The number of rotatable bonds is 8. The van der Waals surface area contributed by atoms with Gasteiger partial charge < -0.3 is 10.1 Å². The van der Waals surface area contributed by atoms with Crippen molar-refractivity contribution in [3.05, 3.63) is 24.3 Å². The lowest BCUT2D eigenvalue weighted by Gasteiger charge is -2.23. The van der Waals surface area contributed by atoms with Crippen LogP contribution in [0.1, 0.15) is 47.5 Å². The molecule has 0 atom stereocenters. The molecule has 0 aliphatic heterocycles. The van der Waals surface area contributed by atoms with Gasteiger partial charge in [-0.15, -0.1) is 0 Å². The van der Waals surface area contributed by atoms with Gasteiger partial charge in [0.05, 0.1) is 6.61 Å². The molecule has 19 heavy (non-hydrogen) atoms. The molecule has 0 aliphatic rings. The SMILES string of the molecule is CCOc1ccc(NC(CC(C)C)CC(C)C)cc1. The molecule has 0 heterocycles. The second-order valence-electron chi connectivity index (χ2n) is 6.06. The third-order valence-electron chi connectivity index (χ3n) is 3.05. The Kier molecular flexibility index (Phi) is 6.75. The molecular formula is C17H29NO. The number of hydrogen-bond acceptors (Lipinski definition) is 2. The molecule has 0 radical (unpaired) electrons. The van der Waals surface area contributed by atoms with Crippen molar-refractivity contribution in [1.82, 2.24) is 0 Å². The first-order valence-corrected chi connectivity index (χ1v) is 7.50. The van der Waals surface area contributed by atoms with Crippen molar-refractivity contribution in [2.75, 3.05) is 11.9 Å². The Morgan fingerprint density at radius 2 is 1.47 bits per heavy atom. The van der Waals surface area contributed by atoms with E-state index in [1.165, 1.54) is 18.5 Å². The van der Waals surface area contributed by atoms with Gasteiger partial charge in [-0.2, -0.15) is 0 Å². The summed E-state index contributed by atoms with van der Waals surface area (Å²) in [7, 11) is 0. The van der Waals surface area contributed by atoms with Crippen LogP contribution in [0.2, 0.25) is 0 Å². The Bertz CT molecular complexity index is 333. The Balaban J connectivity index is 2.61. The van der Waals surface area contributed by atoms with Gasteiger partial charge >= 0.3 is 0 Å². The number of ether oxygens (including phenoxy) is 1. The van der Waals surface area contributed by atoms with E-state index in [1.807, 2.05) is 19.1 Å². The predicted octanol–water partition coefficient (Wildman–Crippen LogP) is 4.96. The van der Waals surface area contributed by atoms with Crippen LogP contribution in [0.5, 0.6) is 5.75 Å². The van der Waals surface area contributed by atoms with Crippen LogP contribution in [0.3, 0.4) is 0 Å². The third-order valence-corrected chi connectivity index (χ3v) is 3.05. The van der Waals surface area contributed by atoms with Gasteiger partial charge in [0.15, 0.2) is 0 Å². The van der Waals surface area contributed by atoms with Gasteiger partial charge in [0.1, 0.15) is 5.75 Å². The van der Waals surface area contributed by atoms with Crippen molar-refractivity contribution in [2.45, 2.75) is 53.5 Å². The first-order valence-electron chi connectivity index (χ1n) is 7.50. The topological polar surface area (TPSA) is 21.3 Å². The molecule has 0 saturated carbocycles. The van der Waals surface area contributed by atoms with Crippen molar-refractivity contribution in [3.63, 3.8) is 0 Å². The monoisotopic (exact) mass is 263 g/mol. The molecule has 0 bridgehead atoms. The van der Waals surface area contributed by atoms with Crippen molar-refractivity contribution in [2.24, 2.45) is 11.8 Å². The molecule has 1 N–H and O–H groups in total. The average Bonchev–Trinajstić information content (AvgIpc) is 2.30. The Labute approximate surface area is 118 Å². The van der Waals surface area contributed by atoms with Crippen molar-refractivity contribution < 1.29 is 4.74 Å². The summed E-state index contributed by atoms with van der Waals surface area (Å²) in [6.45, 7) is 11.9. The van der Waals surface area contributed by atoms with Crippen molar-refractivity contribution >= 4 is 5.69 Å². The van der Waals surface area contributed by atoms with Crippen LogP contribution in [0, 0.1) is 11.8 Å². The van der Waals surface area contributed by atoms with E-state index in [0.29, 0.717) is 6.04 Å². The van der Waals surface area contributed by atoms with Gasteiger partial charge in [-0.25, -0.2) is 0 Å². The normalized spacial score (nSPS) is 11.4. The maximum absolute atomic E-state index is 5.47. The molecule has 1 aromatic carbocycles. The second kappa shape index (κ2) is 8.08. The van der Waals surface area contributed by atoms with E-state index in [1.54, 1.807) is 0 Å². The van der Waals surface area contributed by atoms with E-state index in [2.05, 4.69) is 45.1 Å². The molecule has 0 amide bonds. The molecule has 1 rings (SSSR count). The van der Waals surface area contributed by atoms with Gasteiger partial charge in [0, 0.05) is 11.7 Å². The molecule has 1 aromatic rings. The molecule has 0 spiro atoms. The lowest BCUT2D eigenvalue weighted by molar-refractivity contribution is 0.340. The van der Waals surface area contributed by atoms with E-state index in [0.717, 1.165) is 24.2 Å². The fraction of sp³-hybridized carbons (Fsp3) is 0.647. The maximum Gasteiger partial charge on any atom is 0.119 e. The molecule has 108 valence electrons. The Hall–Kier alpha value is -1.18. The fourth-order valence-corrected chi connectivity index (χ4v) is 2.40. The molecule has 0 unspecified atom stereocenters. The molecule has 2 heteroatoms. The molecule has 0 aromatic heterocycles. The summed E-state index contributed by atoms with van der Waals surface area (Å²) in [5.74, 6) is 2.38. The first-order chi connectivity index (χ1) is 9.01. The average molecular weight is 263 g/mol. The second-order valence-corrected chi connectivity index (χ2v) is 6.06. The quantitative estimate of drug-likeness (QED) is 0.716. The first kappa shape index (κ1) is 15.9. The molecule has 0 fully saturated rings. The van der Waals surface area contributed by atoms with Crippen LogP contribution >= 0.6 is 0 Å². The maximum atomic E-state index is 5.47. The van der Waals surface area contributed by atoms with Gasteiger partial charge in [-0.05, 0) is 55.9 Å². The van der Waals surface area contributed by atoms with Crippen LogP contribution in [0.4, 0.5) is 5.69 Å². The van der Waals surface area contributed by atoms with Crippen molar-refractivity contribution in [3.8, 4) is 5.75 Å². The molecule has 0 saturated heterocycles. The van der Waals surface area contributed by atoms with E-state index in [-0.39, 0.29) is 0 Å². The Morgan fingerprint density at radius 1 is 0.947 bits per heavy atom. The summed E-state index contributed by atoms with van der Waals surface area (Å²) in [4.78, 5) is 0. The van der Waals surface area contributed by atoms with Crippen LogP contribution in [0.15, 0.2) is 24.3 Å². The van der Waals surface area contributed by atoms with Gasteiger partial charge in [0.2, 0.25) is 0 Å². The standard InChI is InChI=1S/C17H29NO/c1-6-19-17-9-7-15(8-10-17)18-16(11-13(2)3)12-14(4)5/h7-10,13-14,16,18H,6,11-12H2,1-5H3. The minimum atomic E-state index is 0.554. The zero-order valence-corrected chi connectivity index (χ0v) is 13.1. The Morgan fingerprint density at radius 3 is 1.89 bits per heavy atom. The smallest absolute Gasteiger partial charge is 0.119 e. The summed E-state index contributed by atoms with van der Waals surface area (Å²) < 4.78 is 5.47. The highest BCUT2D eigenvalue weighted by molar-refractivity contribution is 5.47. The number of nitrogens with one attached hydrogen (secondary N) is 1. The zero-order valence-electron chi connectivity index (χ0n) is 13.1. The van der Waals surface area contributed by atoms with Crippen molar-refractivity contribution in [1.29, 1.82) is 0 Å². The van der Waals surface area contributed by atoms with E-state index in [4.69, 9.17) is 4.74 Å². The summed E-state index contributed by atoms with van der Waals surface area (Å²) in [6.07, 6.45) is 2.43. The highest BCUT2D eigenvalue weighted by Crippen LogP contribution is 2.21.